The number of Topliss-reactive ketones (excluding diaryl/α,β-unsaturated/α-hetero) is 1. The van der Waals surface area contributed by atoms with Crippen LogP contribution in [0.15, 0.2) is 12.1 Å². The number of phenols is 3. The van der Waals surface area contributed by atoms with Crippen molar-refractivity contribution in [3.8, 4) is 23.0 Å². The number of aliphatic hydroxyl groups excluding tert-OH is 1. The summed E-state index contributed by atoms with van der Waals surface area (Å²) in [7, 11) is 0. The molecule has 4 N–H and O–H groups in total. The number of aromatic hydroxyl groups is 3. The van der Waals surface area contributed by atoms with E-state index >= 15 is 0 Å². The fourth-order valence-electron chi connectivity index (χ4n) is 6.61. The van der Waals surface area contributed by atoms with Crippen molar-refractivity contribution in [2.45, 2.75) is 31.3 Å². The first kappa shape index (κ1) is 19.4. The molecule has 3 aromatic rings. The Kier molecular flexibility index (Phi) is 3.14. The number of ketones is 1. The Morgan fingerprint density at radius 3 is 2.29 bits per heavy atom. The molecule has 4 aliphatic rings. The van der Waals surface area contributed by atoms with Gasteiger partial charge in [0, 0.05) is 16.5 Å². The van der Waals surface area contributed by atoms with Crippen LogP contribution in [0.3, 0.4) is 0 Å². The molecular formula is C25H16O9. The SMILES string of the molecule is Cc1cc(O)c2c3c1C(=O)[C@@H]1c4c(c(O)c5c6c(c(O)cc(C)c46)C(=O)O5)[C@@]3(COC2=O)[C@H]1O. The molecule has 0 saturated carbocycles. The fourth-order valence-corrected chi connectivity index (χ4v) is 6.61. The maximum atomic E-state index is 13.9. The molecule has 0 radical (unpaired) electrons. The predicted octanol–water partition coefficient (Wildman–Crippen LogP) is 2.22. The summed E-state index contributed by atoms with van der Waals surface area (Å²) in [5.41, 5.74) is -0.289. The largest absolute Gasteiger partial charge is 0.507 e. The van der Waals surface area contributed by atoms with Gasteiger partial charge in [0.15, 0.2) is 17.3 Å². The lowest BCUT2D eigenvalue weighted by molar-refractivity contribution is 0.00719. The fraction of sp³-hybridized carbons (Fsp3) is 0.240. The highest BCUT2D eigenvalue weighted by Crippen LogP contribution is 2.66. The molecule has 0 amide bonds. The van der Waals surface area contributed by atoms with Crippen LogP contribution in [0.25, 0.3) is 10.8 Å². The lowest BCUT2D eigenvalue weighted by Crippen LogP contribution is -2.52. The van der Waals surface area contributed by atoms with Crippen LogP contribution in [0.5, 0.6) is 23.0 Å². The summed E-state index contributed by atoms with van der Waals surface area (Å²) in [6, 6.07) is 2.68. The second-order valence-electron chi connectivity index (χ2n) is 9.37. The molecule has 0 unspecified atom stereocenters. The maximum absolute atomic E-state index is 13.9. The smallest absolute Gasteiger partial charge is 0.348 e. The van der Waals surface area contributed by atoms with Crippen LogP contribution in [0.1, 0.15) is 64.8 Å². The quantitative estimate of drug-likeness (QED) is 0.292. The Morgan fingerprint density at radius 2 is 1.56 bits per heavy atom. The van der Waals surface area contributed by atoms with Gasteiger partial charge in [0.1, 0.15) is 29.2 Å². The minimum absolute atomic E-state index is 0.108. The Morgan fingerprint density at radius 1 is 0.882 bits per heavy atom. The topological polar surface area (TPSA) is 151 Å². The van der Waals surface area contributed by atoms with E-state index in [4.69, 9.17) is 9.47 Å². The van der Waals surface area contributed by atoms with Crippen LogP contribution in [-0.2, 0) is 10.2 Å². The Balaban J connectivity index is 1.76. The van der Waals surface area contributed by atoms with E-state index in [1.807, 2.05) is 0 Å². The molecule has 7 rings (SSSR count). The van der Waals surface area contributed by atoms with E-state index < -0.39 is 46.7 Å². The van der Waals surface area contributed by atoms with E-state index in [1.165, 1.54) is 12.1 Å². The molecular weight excluding hydrogens is 444 g/mol. The molecule has 2 aliphatic carbocycles. The number of hydrogen-bond donors (Lipinski definition) is 4. The van der Waals surface area contributed by atoms with Gasteiger partial charge in [-0.2, -0.15) is 0 Å². The third-order valence-electron chi connectivity index (χ3n) is 7.81. The number of esters is 2. The molecule has 34 heavy (non-hydrogen) atoms. The van der Waals surface area contributed by atoms with Gasteiger partial charge in [-0.15, -0.1) is 0 Å². The van der Waals surface area contributed by atoms with Crippen molar-refractivity contribution >= 4 is 28.5 Å². The number of rotatable bonds is 0. The van der Waals surface area contributed by atoms with Gasteiger partial charge in [0.2, 0.25) is 0 Å². The molecule has 2 aliphatic heterocycles. The van der Waals surface area contributed by atoms with Gasteiger partial charge in [-0.25, -0.2) is 9.59 Å². The predicted molar refractivity (Wildman–Crippen MR) is 114 cm³/mol. The molecule has 0 saturated heterocycles. The summed E-state index contributed by atoms with van der Waals surface area (Å²) in [5, 5.41) is 44.7. The second-order valence-corrected chi connectivity index (χ2v) is 9.37. The number of aryl methyl sites for hydroxylation is 2. The number of hydrogen-bond acceptors (Lipinski definition) is 9. The maximum Gasteiger partial charge on any atom is 0.348 e. The zero-order valence-electron chi connectivity index (χ0n) is 17.8. The summed E-state index contributed by atoms with van der Waals surface area (Å²) in [6.07, 6.45) is -1.42. The highest BCUT2D eigenvalue weighted by atomic mass is 16.5. The van der Waals surface area contributed by atoms with Gasteiger partial charge in [-0.1, -0.05) is 0 Å². The van der Waals surface area contributed by atoms with Gasteiger partial charge in [-0.05, 0) is 53.6 Å². The number of benzene rings is 3. The second kappa shape index (κ2) is 5.51. The Bertz CT molecular complexity index is 1620. The van der Waals surface area contributed by atoms with E-state index in [0.29, 0.717) is 22.1 Å². The molecule has 9 nitrogen and oxygen atoms in total. The molecule has 1 spiro atoms. The van der Waals surface area contributed by atoms with Crippen molar-refractivity contribution < 1.29 is 44.3 Å². The van der Waals surface area contributed by atoms with Gasteiger partial charge >= 0.3 is 11.9 Å². The van der Waals surface area contributed by atoms with E-state index in [9.17, 15) is 34.8 Å². The summed E-state index contributed by atoms with van der Waals surface area (Å²) < 4.78 is 10.7. The van der Waals surface area contributed by atoms with Gasteiger partial charge < -0.3 is 29.9 Å². The third kappa shape index (κ3) is 1.73. The van der Waals surface area contributed by atoms with Crippen molar-refractivity contribution in [2.75, 3.05) is 6.61 Å². The average Bonchev–Trinajstić information content (AvgIpc) is 3.19. The highest BCUT2D eigenvalue weighted by molar-refractivity contribution is 6.21. The van der Waals surface area contributed by atoms with Crippen LogP contribution in [0, 0.1) is 13.8 Å². The summed E-state index contributed by atoms with van der Waals surface area (Å²) in [5.74, 6) is -4.69. The summed E-state index contributed by atoms with van der Waals surface area (Å²) in [4.78, 5) is 39.1. The van der Waals surface area contributed by atoms with E-state index in [-0.39, 0.29) is 51.3 Å². The summed E-state index contributed by atoms with van der Waals surface area (Å²) >= 11 is 0. The summed E-state index contributed by atoms with van der Waals surface area (Å²) in [6.45, 7) is 2.91. The van der Waals surface area contributed by atoms with Crippen LogP contribution in [-0.4, -0.2) is 50.9 Å². The van der Waals surface area contributed by atoms with E-state index in [1.54, 1.807) is 13.8 Å². The normalized spacial score (nSPS) is 25.3. The molecule has 2 heterocycles. The van der Waals surface area contributed by atoms with Crippen molar-refractivity contribution in [2.24, 2.45) is 0 Å². The molecule has 0 fully saturated rings. The zero-order valence-corrected chi connectivity index (χ0v) is 17.8. The highest BCUT2D eigenvalue weighted by Gasteiger charge is 2.66. The lowest BCUT2D eigenvalue weighted by atomic mass is 9.63. The monoisotopic (exact) mass is 460 g/mol. The Hall–Kier alpha value is -4.11. The molecule has 9 heteroatoms. The number of fused-ring (bicyclic) bond motifs is 4. The first-order chi connectivity index (χ1) is 16.1. The average molecular weight is 460 g/mol. The minimum Gasteiger partial charge on any atom is -0.507 e. The molecule has 3 aromatic carbocycles. The first-order valence-electron chi connectivity index (χ1n) is 10.7. The van der Waals surface area contributed by atoms with Crippen molar-refractivity contribution in [3.63, 3.8) is 0 Å². The van der Waals surface area contributed by atoms with Crippen molar-refractivity contribution in [3.05, 3.63) is 56.6 Å². The third-order valence-corrected chi connectivity index (χ3v) is 7.81. The van der Waals surface area contributed by atoms with Crippen LogP contribution >= 0.6 is 0 Å². The van der Waals surface area contributed by atoms with Gasteiger partial charge in [0.05, 0.1) is 17.4 Å². The molecule has 2 bridgehead atoms. The number of cyclic esters (lactones) is 1. The van der Waals surface area contributed by atoms with Gasteiger partial charge in [0.25, 0.3) is 0 Å². The standard InChI is InChI=1S/C25H16O9/c1-6-3-8(26)12-15-10(6)14-16-19(28)11-7(2)4-9(27)13-17(11)25(22(16)30,5-33-23(13)31)18(14)20(29)21(15)34-24(12)32/h3-4,16,22,26-27,29-30H,5H2,1-2H3/t16-,22-,25-/m0/s1. The molecule has 3 atom stereocenters. The number of phenolic OH excluding ortho intramolecular Hbond substituents is 3. The molecule has 170 valence electrons. The lowest BCUT2D eigenvalue weighted by Gasteiger charge is -2.43. The van der Waals surface area contributed by atoms with Crippen molar-refractivity contribution in [1.82, 2.24) is 0 Å². The number of carbonyl (C=O) groups excluding carboxylic acids is 3. The minimum atomic E-state index is -1.57. The Labute approximate surface area is 190 Å². The van der Waals surface area contributed by atoms with E-state index in [0.717, 1.165) is 0 Å². The number of aliphatic hydroxyl groups is 1. The van der Waals surface area contributed by atoms with Crippen molar-refractivity contribution in [1.29, 1.82) is 0 Å². The first-order valence-corrected chi connectivity index (χ1v) is 10.7. The molecule has 0 aromatic heterocycles. The van der Waals surface area contributed by atoms with E-state index in [2.05, 4.69) is 0 Å². The van der Waals surface area contributed by atoms with Crippen LogP contribution in [0.4, 0.5) is 0 Å². The van der Waals surface area contributed by atoms with Crippen LogP contribution in [0.2, 0.25) is 0 Å². The van der Waals surface area contributed by atoms with Gasteiger partial charge in [-0.3, -0.25) is 4.79 Å². The zero-order chi connectivity index (χ0) is 24.0. The van der Waals surface area contributed by atoms with Crippen LogP contribution < -0.4 is 4.74 Å². The number of ether oxygens (including phenoxy) is 2. The number of carbonyl (C=O) groups is 3.